The normalized spacial score (nSPS) is 12.0. The van der Waals surface area contributed by atoms with Gasteiger partial charge in [-0.25, -0.2) is 8.42 Å². The van der Waals surface area contributed by atoms with E-state index in [9.17, 15) is 8.42 Å². The lowest BCUT2D eigenvalue weighted by Gasteiger charge is -2.11. The molecule has 0 aliphatic carbocycles. The predicted molar refractivity (Wildman–Crippen MR) is 164 cm³/mol. The number of fused-ring (bicyclic) bond motifs is 7. The summed E-state index contributed by atoms with van der Waals surface area (Å²) in [5, 5.41) is 11.1. The average molecular weight is 564 g/mol. The lowest BCUT2D eigenvalue weighted by Crippen LogP contribution is -2.03. The fraction of sp³-hybridized carbons (Fsp3) is 0. The number of hydrogen-bond donors (Lipinski definition) is 0. The topological polar surface area (TPSA) is 80.9 Å². The first-order valence-corrected chi connectivity index (χ1v) is 14.9. The zero-order valence-electron chi connectivity index (χ0n) is 22.1. The maximum Gasteiger partial charge on any atom is 0.206 e. The molecule has 3 heterocycles. The van der Waals surface area contributed by atoms with Crippen molar-refractivity contribution in [3.8, 4) is 17.4 Å². The van der Waals surface area contributed by atoms with Gasteiger partial charge in [0.05, 0.1) is 32.5 Å². The van der Waals surface area contributed by atoms with E-state index in [1.165, 1.54) is 24.3 Å². The van der Waals surface area contributed by atoms with E-state index < -0.39 is 9.84 Å². The van der Waals surface area contributed by atoms with Gasteiger partial charge in [-0.2, -0.15) is 5.26 Å². The first-order chi connectivity index (χ1) is 20.6. The molecule has 0 atom stereocenters. The summed E-state index contributed by atoms with van der Waals surface area (Å²) in [5.74, 6) is 0. The predicted octanol–water partition coefficient (Wildman–Crippen LogP) is 8.18. The Bertz CT molecular complexity index is 2460. The second-order valence-electron chi connectivity index (χ2n) is 10.1. The van der Waals surface area contributed by atoms with Crippen molar-refractivity contribution in [2.24, 2.45) is 0 Å². The first kappa shape index (κ1) is 24.2. The molecule has 5 aromatic carbocycles. The van der Waals surface area contributed by atoms with Gasteiger partial charge in [0.15, 0.2) is 11.2 Å². The van der Waals surface area contributed by atoms with Crippen molar-refractivity contribution in [2.45, 2.75) is 9.79 Å². The molecular formula is C35H21N3O3S. The molecule has 0 radical (unpaired) electrons. The van der Waals surface area contributed by atoms with Crippen molar-refractivity contribution < 1.29 is 12.8 Å². The molecule has 200 valence electrons. The van der Waals surface area contributed by atoms with Gasteiger partial charge in [-0.1, -0.05) is 42.5 Å². The Kier molecular flexibility index (Phi) is 5.17. The first-order valence-electron chi connectivity index (χ1n) is 13.4. The van der Waals surface area contributed by atoms with Crippen LogP contribution in [0.15, 0.2) is 142 Å². The van der Waals surface area contributed by atoms with Crippen molar-refractivity contribution in [1.29, 1.82) is 5.26 Å². The van der Waals surface area contributed by atoms with Gasteiger partial charge < -0.3 is 13.6 Å². The van der Waals surface area contributed by atoms with E-state index >= 15 is 0 Å². The summed E-state index contributed by atoms with van der Waals surface area (Å²) in [6, 6.07) is 41.4. The van der Waals surface area contributed by atoms with Gasteiger partial charge >= 0.3 is 0 Å². The summed E-state index contributed by atoms with van der Waals surface area (Å²) in [6.07, 6.45) is 0. The van der Waals surface area contributed by atoms with Crippen LogP contribution in [0.25, 0.3) is 55.4 Å². The molecule has 0 saturated heterocycles. The molecule has 6 nitrogen and oxygen atoms in total. The van der Waals surface area contributed by atoms with Crippen LogP contribution in [0.5, 0.6) is 0 Å². The highest BCUT2D eigenvalue weighted by Gasteiger charge is 2.26. The number of nitrogens with zero attached hydrogens (tertiary/aromatic N) is 3. The largest absolute Gasteiger partial charge is 0.451 e. The molecular weight excluding hydrogens is 542 g/mol. The zero-order valence-corrected chi connectivity index (χ0v) is 22.9. The quantitative estimate of drug-likeness (QED) is 0.216. The smallest absolute Gasteiger partial charge is 0.206 e. The van der Waals surface area contributed by atoms with E-state index in [4.69, 9.17) is 9.68 Å². The van der Waals surface area contributed by atoms with Gasteiger partial charge in [0.2, 0.25) is 9.84 Å². The van der Waals surface area contributed by atoms with Gasteiger partial charge in [-0.15, -0.1) is 0 Å². The molecule has 0 bridgehead atoms. The molecule has 8 rings (SSSR count). The molecule has 0 aliphatic rings. The minimum Gasteiger partial charge on any atom is -0.451 e. The molecule has 7 heteroatoms. The molecule has 0 unspecified atom stereocenters. The third-order valence-corrected chi connectivity index (χ3v) is 9.58. The number of furan rings is 1. The lowest BCUT2D eigenvalue weighted by molar-refractivity contribution is 0.596. The second-order valence-corrected chi connectivity index (χ2v) is 12.1. The summed E-state index contributed by atoms with van der Waals surface area (Å²) in [4.78, 5) is 0.325. The summed E-state index contributed by atoms with van der Waals surface area (Å²) >= 11 is 0. The van der Waals surface area contributed by atoms with Crippen LogP contribution in [0.3, 0.4) is 0 Å². The molecule has 3 aromatic heterocycles. The number of rotatable bonds is 4. The molecule has 0 N–H and O–H groups in total. The number of benzene rings is 5. The average Bonchev–Trinajstić information content (AvgIpc) is 3.68. The van der Waals surface area contributed by atoms with Gasteiger partial charge in [-0.05, 0) is 84.9 Å². The second kappa shape index (κ2) is 8.96. The van der Waals surface area contributed by atoms with Gasteiger partial charge in [0.25, 0.3) is 0 Å². The minimum atomic E-state index is -3.76. The Balaban J connectivity index is 1.40. The standard InChI is InChI=1S/C35H21N3O3S/c36-22-23-14-18-26(19-15-23)42(39,40)27-20-16-25(17-21-27)38-31-13-7-5-11-29(31)35-33(38)32-34(41-35)28-10-4-6-12-30(28)37(32)24-8-2-1-3-9-24/h1-21H. The van der Waals surface area contributed by atoms with Crippen LogP contribution >= 0.6 is 0 Å². The maximum atomic E-state index is 13.4. The van der Waals surface area contributed by atoms with Gasteiger partial charge in [0.1, 0.15) is 11.0 Å². The van der Waals surface area contributed by atoms with Crippen LogP contribution in [0.2, 0.25) is 0 Å². The Morgan fingerprint density at radius 2 is 1.00 bits per heavy atom. The molecule has 0 spiro atoms. The molecule has 8 aromatic rings. The van der Waals surface area contributed by atoms with Crippen LogP contribution in [0.4, 0.5) is 0 Å². The van der Waals surface area contributed by atoms with Crippen LogP contribution in [-0.2, 0) is 9.84 Å². The van der Waals surface area contributed by atoms with Crippen molar-refractivity contribution in [1.82, 2.24) is 9.13 Å². The van der Waals surface area contributed by atoms with E-state index in [-0.39, 0.29) is 9.79 Å². The molecule has 0 fully saturated rings. The van der Waals surface area contributed by atoms with Crippen molar-refractivity contribution >= 4 is 53.8 Å². The van der Waals surface area contributed by atoms with Crippen molar-refractivity contribution in [2.75, 3.05) is 0 Å². The van der Waals surface area contributed by atoms with E-state index in [0.29, 0.717) is 5.56 Å². The maximum absolute atomic E-state index is 13.4. The Labute approximate surface area is 240 Å². The van der Waals surface area contributed by atoms with Crippen LogP contribution in [0.1, 0.15) is 5.56 Å². The molecule has 42 heavy (non-hydrogen) atoms. The molecule has 0 saturated carbocycles. The molecule has 0 aliphatic heterocycles. The lowest BCUT2D eigenvalue weighted by atomic mass is 10.2. The zero-order chi connectivity index (χ0) is 28.4. The Morgan fingerprint density at radius 3 is 1.52 bits per heavy atom. The third-order valence-electron chi connectivity index (χ3n) is 7.80. The summed E-state index contributed by atoms with van der Waals surface area (Å²) in [7, 11) is -3.76. The SMILES string of the molecule is N#Cc1ccc(S(=O)(=O)c2ccc(-n3c4ccccc4c4oc5c6ccccc6n(-c6ccccc6)c5c43)cc2)cc1. The van der Waals surface area contributed by atoms with Crippen LogP contribution < -0.4 is 0 Å². The van der Waals surface area contributed by atoms with Crippen LogP contribution in [-0.4, -0.2) is 17.6 Å². The highest BCUT2D eigenvalue weighted by molar-refractivity contribution is 7.91. The number of sulfone groups is 1. The summed E-state index contributed by atoms with van der Waals surface area (Å²) in [5.41, 5.74) is 7.68. The fourth-order valence-corrected chi connectivity index (χ4v) is 7.15. The number of aromatic nitrogens is 2. The van der Waals surface area contributed by atoms with Crippen molar-refractivity contribution in [3.63, 3.8) is 0 Å². The minimum absolute atomic E-state index is 0.145. The molecule has 0 amide bonds. The van der Waals surface area contributed by atoms with E-state index in [1.54, 1.807) is 12.1 Å². The Morgan fingerprint density at radius 1 is 0.548 bits per heavy atom. The fourth-order valence-electron chi connectivity index (χ4n) is 5.89. The van der Waals surface area contributed by atoms with Crippen LogP contribution in [0, 0.1) is 11.3 Å². The van der Waals surface area contributed by atoms with E-state index in [2.05, 4.69) is 39.5 Å². The monoisotopic (exact) mass is 563 g/mol. The van der Waals surface area contributed by atoms with Crippen molar-refractivity contribution in [3.05, 3.63) is 133 Å². The highest BCUT2D eigenvalue weighted by Crippen LogP contribution is 2.43. The summed E-state index contributed by atoms with van der Waals surface area (Å²) in [6.45, 7) is 0. The number of para-hydroxylation sites is 3. The van der Waals surface area contributed by atoms with E-state index in [1.807, 2.05) is 66.7 Å². The van der Waals surface area contributed by atoms with Gasteiger partial charge in [0, 0.05) is 22.1 Å². The van der Waals surface area contributed by atoms with Gasteiger partial charge in [-0.3, -0.25) is 0 Å². The number of hydrogen-bond acceptors (Lipinski definition) is 4. The highest BCUT2D eigenvalue weighted by atomic mass is 32.2. The Hall–Kier alpha value is -5.58. The third kappa shape index (κ3) is 3.39. The summed E-state index contributed by atoms with van der Waals surface area (Å²) < 4.78 is 37.8. The number of nitriles is 1. The van der Waals surface area contributed by atoms with E-state index in [0.717, 1.165) is 55.4 Å².